The van der Waals surface area contributed by atoms with Crippen LogP contribution in [0.1, 0.15) is 22.5 Å². The number of nitrogens with zero attached hydrogens (tertiary/aromatic N) is 2. The number of allylic oxidation sites excluding steroid dienone is 1. The maximum absolute atomic E-state index is 9.67. The molecular weight excluding hydrogens is 497 g/mol. The Bertz CT molecular complexity index is 1310. The molecule has 0 bridgehead atoms. The SMILES string of the molecule is Cc1ccc2nc(/C(C#N)=C\c3cc(Cl)c(OCc4ccc(Br)cc4)c(Cl)c3)[nH]c2c1. The monoisotopic (exact) mass is 511 g/mol. The molecule has 0 fully saturated rings. The zero-order valence-electron chi connectivity index (χ0n) is 16.4. The van der Waals surface area contributed by atoms with E-state index in [0.717, 1.165) is 26.6 Å². The highest BCUT2D eigenvalue weighted by Gasteiger charge is 2.12. The smallest absolute Gasteiger partial charge is 0.157 e. The Kier molecular flexibility index (Phi) is 6.33. The third-order valence-corrected chi connectivity index (χ3v) is 5.73. The summed E-state index contributed by atoms with van der Waals surface area (Å²) in [6.07, 6.45) is 1.70. The van der Waals surface area contributed by atoms with Gasteiger partial charge < -0.3 is 9.72 Å². The molecule has 0 amide bonds. The van der Waals surface area contributed by atoms with Gasteiger partial charge in [-0.3, -0.25) is 0 Å². The molecule has 31 heavy (non-hydrogen) atoms. The highest BCUT2D eigenvalue weighted by Crippen LogP contribution is 2.36. The number of hydrogen-bond acceptors (Lipinski definition) is 3. The lowest BCUT2D eigenvalue weighted by molar-refractivity contribution is 0.306. The molecule has 0 aliphatic rings. The number of nitrogens with one attached hydrogen (secondary N) is 1. The Morgan fingerprint density at radius 2 is 1.84 bits per heavy atom. The van der Waals surface area contributed by atoms with Gasteiger partial charge in [0.2, 0.25) is 0 Å². The summed E-state index contributed by atoms with van der Waals surface area (Å²) in [5, 5.41) is 10.4. The summed E-state index contributed by atoms with van der Waals surface area (Å²) >= 11 is 16.3. The molecule has 0 saturated carbocycles. The summed E-state index contributed by atoms with van der Waals surface area (Å²) in [4.78, 5) is 7.71. The number of nitriles is 1. The van der Waals surface area contributed by atoms with Crippen LogP contribution in [0.4, 0.5) is 0 Å². The number of hydrogen-bond donors (Lipinski definition) is 1. The first-order valence-corrected chi connectivity index (χ1v) is 10.9. The Balaban J connectivity index is 1.60. The minimum atomic E-state index is 0.337. The maximum Gasteiger partial charge on any atom is 0.157 e. The lowest BCUT2D eigenvalue weighted by Gasteiger charge is -2.11. The molecule has 0 aliphatic heterocycles. The molecule has 1 heterocycles. The fourth-order valence-corrected chi connectivity index (χ4v) is 3.99. The van der Waals surface area contributed by atoms with Crippen LogP contribution in [0, 0.1) is 18.3 Å². The first-order valence-electron chi connectivity index (χ1n) is 9.38. The van der Waals surface area contributed by atoms with E-state index in [1.54, 1.807) is 18.2 Å². The van der Waals surface area contributed by atoms with Crippen LogP contribution < -0.4 is 4.74 Å². The third kappa shape index (κ3) is 4.94. The van der Waals surface area contributed by atoms with Gasteiger partial charge in [0.15, 0.2) is 5.75 Å². The van der Waals surface area contributed by atoms with Crippen molar-refractivity contribution in [3.8, 4) is 11.8 Å². The molecule has 4 nitrogen and oxygen atoms in total. The number of ether oxygens (including phenoxy) is 1. The second-order valence-electron chi connectivity index (χ2n) is 7.00. The van der Waals surface area contributed by atoms with Crippen molar-refractivity contribution >= 4 is 61.8 Å². The van der Waals surface area contributed by atoms with Crippen molar-refractivity contribution in [2.75, 3.05) is 0 Å². The van der Waals surface area contributed by atoms with E-state index in [0.29, 0.717) is 39.4 Å². The number of fused-ring (bicyclic) bond motifs is 1. The number of aromatic nitrogens is 2. The average molecular weight is 513 g/mol. The largest absolute Gasteiger partial charge is 0.486 e. The maximum atomic E-state index is 9.67. The summed E-state index contributed by atoms with van der Waals surface area (Å²) < 4.78 is 6.83. The lowest BCUT2D eigenvalue weighted by atomic mass is 10.1. The third-order valence-electron chi connectivity index (χ3n) is 4.64. The normalized spacial score (nSPS) is 11.5. The second kappa shape index (κ2) is 9.15. The Hall–Kier alpha value is -2.78. The zero-order chi connectivity index (χ0) is 22.0. The fourth-order valence-electron chi connectivity index (χ4n) is 3.11. The van der Waals surface area contributed by atoms with E-state index in [1.165, 1.54) is 0 Å². The van der Waals surface area contributed by atoms with Gasteiger partial charge in [0, 0.05) is 4.47 Å². The summed E-state index contributed by atoms with van der Waals surface area (Å²) in [6, 6.07) is 19.3. The van der Waals surface area contributed by atoms with Gasteiger partial charge in [-0.05, 0) is 66.1 Å². The van der Waals surface area contributed by atoms with Crippen molar-refractivity contribution in [1.29, 1.82) is 5.26 Å². The molecule has 1 aromatic heterocycles. The van der Waals surface area contributed by atoms with E-state index < -0.39 is 0 Å². The Morgan fingerprint density at radius 1 is 1.13 bits per heavy atom. The van der Waals surface area contributed by atoms with Crippen molar-refractivity contribution in [3.63, 3.8) is 0 Å². The van der Waals surface area contributed by atoms with Crippen LogP contribution in [-0.4, -0.2) is 9.97 Å². The zero-order valence-corrected chi connectivity index (χ0v) is 19.5. The first kappa shape index (κ1) is 21.5. The fraction of sp³-hybridized carbons (Fsp3) is 0.0833. The van der Waals surface area contributed by atoms with Gasteiger partial charge in [-0.25, -0.2) is 4.98 Å². The number of imidazole rings is 1. The highest BCUT2D eigenvalue weighted by atomic mass is 79.9. The minimum absolute atomic E-state index is 0.337. The molecule has 1 N–H and O–H groups in total. The number of aromatic amines is 1. The van der Waals surface area contributed by atoms with E-state index >= 15 is 0 Å². The predicted octanol–water partition coefficient (Wildman–Crippen LogP) is 7.58. The minimum Gasteiger partial charge on any atom is -0.486 e. The van der Waals surface area contributed by atoms with Gasteiger partial charge in [0.25, 0.3) is 0 Å². The number of H-pyrrole nitrogens is 1. The summed E-state index contributed by atoms with van der Waals surface area (Å²) in [5.74, 6) is 0.895. The average Bonchev–Trinajstić information content (AvgIpc) is 3.15. The molecule has 0 spiro atoms. The van der Waals surface area contributed by atoms with Crippen LogP contribution >= 0.6 is 39.1 Å². The Labute approximate surface area is 198 Å². The van der Waals surface area contributed by atoms with Gasteiger partial charge in [-0.15, -0.1) is 0 Å². The van der Waals surface area contributed by atoms with Gasteiger partial charge in [-0.1, -0.05) is 57.3 Å². The van der Waals surface area contributed by atoms with Crippen molar-refractivity contribution in [2.45, 2.75) is 13.5 Å². The second-order valence-corrected chi connectivity index (χ2v) is 8.73. The van der Waals surface area contributed by atoms with Crippen LogP contribution in [0.15, 0.2) is 59.1 Å². The van der Waals surface area contributed by atoms with Crippen LogP contribution in [0.3, 0.4) is 0 Å². The summed E-state index contributed by atoms with van der Waals surface area (Å²) in [5.41, 5.74) is 4.84. The van der Waals surface area contributed by atoms with Crippen molar-refractivity contribution in [3.05, 3.63) is 91.6 Å². The van der Waals surface area contributed by atoms with E-state index in [2.05, 4.69) is 32.0 Å². The quantitative estimate of drug-likeness (QED) is 0.280. The standard InChI is InChI=1S/C24H16BrCl2N3O/c1-14-2-7-21-22(8-14)30-24(29-21)17(12-28)9-16-10-19(26)23(20(27)11-16)31-13-15-3-5-18(25)6-4-15/h2-11H,13H2,1H3,(H,29,30)/b17-9-. The molecule has 0 unspecified atom stereocenters. The summed E-state index contributed by atoms with van der Waals surface area (Å²) in [7, 11) is 0. The number of benzene rings is 3. The van der Waals surface area contributed by atoms with E-state index in [4.69, 9.17) is 27.9 Å². The van der Waals surface area contributed by atoms with Crippen molar-refractivity contribution in [2.24, 2.45) is 0 Å². The summed E-state index contributed by atoms with van der Waals surface area (Å²) in [6.45, 7) is 2.34. The number of rotatable bonds is 5. The topological polar surface area (TPSA) is 61.7 Å². The molecular formula is C24H16BrCl2N3O. The van der Waals surface area contributed by atoms with E-state index in [1.807, 2.05) is 49.4 Å². The first-order chi connectivity index (χ1) is 14.9. The van der Waals surface area contributed by atoms with Crippen LogP contribution in [0.2, 0.25) is 10.0 Å². The van der Waals surface area contributed by atoms with E-state index in [9.17, 15) is 5.26 Å². The molecule has 7 heteroatoms. The van der Waals surface area contributed by atoms with Crippen LogP contribution in [0.25, 0.3) is 22.7 Å². The van der Waals surface area contributed by atoms with Gasteiger partial charge in [0.05, 0.1) is 26.7 Å². The van der Waals surface area contributed by atoms with E-state index in [-0.39, 0.29) is 0 Å². The lowest BCUT2D eigenvalue weighted by Crippen LogP contribution is -1.97. The van der Waals surface area contributed by atoms with Gasteiger partial charge in [-0.2, -0.15) is 5.26 Å². The number of aryl methyl sites for hydroxylation is 1. The van der Waals surface area contributed by atoms with Crippen LogP contribution in [0.5, 0.6) is 5.75 Å². The molecule has 154 valence electrons. The number of halogens is 3. The molecule has 4 rings (SSSR count). The van der Waals surface area contributed by atoms with Crippen molar-refractivity contribution < 1.29 is 4.74 Å². The van der Waals surface area contributed by atoms with Gasteiger partial charge in [0.1, 0.15) is 18.5 Å². The molecule has 0 aliphatic carbocycles. The molecule has 3 aromatic carbocycles. The Morgan fingerprint density at radius 3 is 2.52 bits per heavy atom. The predicted molar refractivity (Wildman–Crippen MR) is 129 cm³/mol. The van der Waals surface area contributed by atoms with Crippen molar-refractivity contribution in [1.82, 2.24) is 9.97 Å². The highest BCUT2D eigenvalue weighted by molar-refractivity contribution is 9.10. The molecule has 4 aromatic rings. The molecule has 0 radical (unpaired) electrons. The van der Waals surface area contributed by atoms with Gasteiger partial charge >= 0.3 is 0 Å². The molecule has 0 saturated heterocycles. The molecule has 0 atom stereocenters. The van der Waals surface area contributed by atoms with Crippen LogP contribution in [-0.2, 0) is 6.61 Å².